The standard InChI is InChI=1S/C7H6BN3/c1-5-4-9-7-3-2-6(8)10-11(5)7/h2-4H,1H3. The van der Waals surface area contributed by atoms with Crippen LogP contribution in [0.5, 0.6) is 0 Å². The Kier molecular flexibility index (Phi) is 1.21. The molecule has 0 unspecified atom stereocenters. The maximum Gasteiger partial charge on any atom is 0.153 e. The minimum absolute atomic E-state index is 0.513. The lowest BCUT2D eigenvalue weighted by molar-refractivity contribution is 0.918. The van der Waals surface area contributed by atoms with Gasteiger partial charge in [0.1, 0.15) is 7.85 Å². The van der Waals surface area contributed by atoms with E-state index in [0.29, 0.717) is 5.59 Å². The summed E-state index contributed by atoms with van der Waals surface area (Å²) in [5.74, 6) is 0. The second-order valence-corrected chi connectivity index (χ2v) is 2.43. The number of hydrogen-bond donors (Lipinski definition) is 0. The van der Waals surface area contributed by atoms with Gasteiger partial charge in [0, 0.05) is 5.59 Å². The molecule has 0 N–H and O–H groups in total. The summed E-state index contributed by atoms with van der Waals surface area (Å²) in [4.78, 5) is 4.10. The molecule has 4 heteroatoms. The Hall–Kier alpha value is -1.32. The second-order valence-electron chi connectivity index (χ2n) is 2.43. The third-order valence-electron chi connectivity index (χ3n) is 1.55. The molecule has 2 aromatic rings. The molecular weight excluding hydrogens is 137 g/mol. The van der Waals surface area contributed by atoms with Crippen molar-refractivity contribution in [3.8, 4) is 0 Å². The fourth-order valence-corrected chi connectivity index (χ4v) is 1.00. The Morgan fingerprint density at radius 3 is 3.09 bits per heavy atom. The van der Waals surface area contributed by atoms with Gasteiger partial charge in [-0.2, -0.15) is 5.10 Å². The lowest BCUT2D eigenvalue weighted by Crippen LogP contribution is -2.12. The summed E-state index contributed by atoms with van der Waals surface area (Å²) < 4.78 is 1.72. The van der Waals surface area contributed by atoms with Gasteiger partial charge in [-0.3, -0.25) is 0 Å². The van der Waals surface area contributed by atoms with Crippen LogP contribution in [0.1, 0.15) is 5.69 Å². The highest BCUT2D eigenvalue weighted by molar-refractivity contribution is 6.30. The summed E-state index contributed by atoms with van der Waals surface area (Å²) >= 11 is 0. The van der Waals surface area contributed by atoms with E-state index < -0.39 is 0 Å². The van der Waals surface area contributed by atoms with E-state index in [0.717, 1.165) is 11.3 Å². The van der Waals surface area contributed by atoms with Crippen molar-refractivity contribution in [3.05, 3.63) is 24.0 Å². The molecule has 0 spiro atoms. The number of nitrogens with zero attached hydrogens (tertiary/aromatic N) is 3. The largest absolute Gasteiger partial charge is 0.235 e. The van der Waals surface area contributed by atoms with Crippen LogP contribution in [0.3, 0.4) is 0 Å². The monoisotopic (exact) mass is 143 g/mol. The van der Waals surface area contributed by atoms with Crippen molar-refractivity contribution < 1.29 is 0 Å². The zero-order valence-corrected chi connectivity index (χ0v) is 6.15. The van der Waals surface area contributed by atoms with Crippen LogP contribution in [-0.2, 0) is 0 Å². The number of hydrogen-bond acceptors (Lipinski definition) is 2. The maximum absolute atomic E-state index is 5.49. The van der Waals surface area contributed by atoms with E-state index in [-0.39, 0.29) is 0 Å². The molecular formula is C7H6BN3. The number of aromatic nitrogens is 3. The zero-order chi connectivity index (χ0) is 7.84. The lowest BCUT2D eigenvalue weighted by Gasteiger charge is -1.95. The van der Waals surface area contributed by atoms with Gasteiger partial charge in [0.25, 0.3) is 0 Å². The van der Waals surface area contributed by atoms with Crippen LogP contribution in [0, 0.1) is 6.92 Å². The molecule has 0 aliphatic heterocycles. The molecule has 2 aromatic heterocycles. The van der Waals surface area contributed by atoms with E-state index in [1.54, 1.807) is 16.8 Å². The molecule has 0 amide bonds. The Morgan fingerprint density at radius 1 is 1.45 bits per heavy atom. The molecule has 0 saturated heterocycles. The molecule has 0 aliphatic rings. The van der Waals surface area contributed by atoms with Gasteiger partial charge in [-0.1, -0.05) is 0 Å². The topological polar surface area (TPSA) is 30.2 Å². The van der Waals surface area contributed by atoms with Gasteiger partial charge in [0.2, 0.25) is 0 Å². The van der Waals surface area contributed by atoms with E-state index in [1.165, 1.54) is 0 Å². The molecule has 0 saturated carbocycles. The molecule has 11 heavy (non-hydrogen) atoms. The maximum atomic E-state index is 5.49. The molecule has 0 aromatic carbocycles. The highest BCUT2D eigenvalue weighted by Crippen LogP contribution is 1.99. The lowest BCUT2D eigenvalue weighted by atomic mass is 10.1. The quantitative estimate of drug-likeness (QED) is 0.479. The van der Waals surface area contributed by atoms with Crippen molar-refractivity contribution >= 4 is 19.1 Å². The van der Waals surface area contributed by atoms with Crippen LogP contribution in [0.15, 0.2) is 18.3 Å². The number of rotatable bonds is 0. The molecule has 52 valence electrons. The van der Waals surface area contributed by atoms with Crippen molar-refractivity contribution in [2.75, 3.05) is 0 Å². The van der Waals surface area contributed by atoms with Crippen molar-refractivity contribution in [1.82, 2.24) is 14.6 Å². The van der Waals surface area contributed by atoms with E-state index in [4.69, 9.17) is 7.85 Å². The first kappa shape index (κ1) is 6.40. The molecule has 2 radical (unpaired) electrons. The summed E-state index contributed by atoms with van der Waals surface area (Å²) in [7, 11) is 5.49. The predicted molar refractivity (Wildman–Crippen MR) is 43.1 cm³/mol. The fraction of sp³-hybridized carbons (Fsp3) is 0.143. The van der Waals surface area contributed by atoms with Gasteiger partial charge >= 0.3 is 0 Å². The first-order valence-electron chi connectivity index (χ1n) is 3.34. The van der Waals surface area contributed by atoms with Gasteiger partial charge in [-0.05, 0) is 19.1 Å². The Bertz CT molecular complexity index is 393. The van der Waals surface area contributed by atoms with Crippen molar-refractivity contribution in [2.24, 2.45) is 0 Å². The van der Waals surface area contributed by atoms with Crippen LogP contribution in [0.4, 0.5) is 0 Å². The van der Waals surface area contributed by atoms with Gasteiger partial charge in [0.15, 0.2) is 5.65 Å². The minimum atomic E-state index is 0.513. The van der Waals surface area contributed by atoms with Crippen LogP contribution in [0.25, 0.3) is 5.65 Å². The summed E-state index contributed by atoms with van der Waals surface area (Å²) in [6.07, 6.45) is 1.77. The zero-order valence-electron chi connectivity index (χ0n) is 6.15. The molecule has 2 heterocycles. The normalized spacial score (nSPS) is 10.6. The van der Waals surface area contributed by atoms with Gasteiger partial charge < -0.3 is 0 Å². The molecule has 0 aliphatic carbocycles. The molecule has 0 bridgehead atoms. The molecule has 0 fully saturated rings. The van der Waals surface area contributed by atoms with Gasteiger partial charge in [-0.15, -0.1) is 0 Å². The Morgan fingerprint density at radius 2 is 2.27 bits per heavy atom. The predicted octanol–water partition coefficient (Wildman–Crippen LogP) is -0.168. The number of aryl methyl sites for hydroxylation is 1. The van der Waals surface area contributed by atoms with E-state index in [9.17, 15) is 0 Å². The summed E-state index contributed by atoms with van der Waals surface area (Å²) in [5, 5.41) is 4.07. The molecule has 3 nitrogen and oxygen atoms in total. The van der Waals surface area contributed by atoms with E-state index in [2.05, 4.69) is 10.1 Å². The SMILES string of the molecule is [B]c1ccc2ncc(C)n2n1. The number of imidazole rings is 1. The van der Waals surface area contributed by atoms with Gasteiger partial charge in [-0.25, -0.2) is 9.50 Å². The van der Waals surface area contributed by atoms with Crippen molar-refractivity contribution in [3.63, 3.8) is 0 Å². The first-order valence-corrected chi connectivity index (χ1v) is 3.34. The van der Waals surface area contributed by atoms with Crippen LogP contribution >= 0.6 is 0 Å². The number of fused-ring (bicyclic) bond motifs is 1. The molecule has 0 atom stereocenters. The third kappa shape index (κ3) is 0.907. The Balaban J connectivity index is 2.87. The van der Waals surface area contributed by atoms with Gasteiger partial charge in [0.05, 0.1) is 11.9 Å². The average molecular weight is 143 g/mol. The minimum Gasteiger partial charge on any atom is -0.235 e. The summed E-state index contributed by atoms with van der Waals surface area (Å²) in [6, 6.07) is 3.58. The van der Waals surface area contributed by atoms with Crippen LogP contribution in [-0.4, -0.2) is 22.4 Å². The highest BCUT2D eigenvalue weighted by atomic mass is 15.3. The van der Waals surface area contributed by atoms with Crippen LogP contribution < -0.4 is 5.59 Å². The average Bonchev–Trinajstić information content (AvgIpc) is 2.33. The summed E-state index contributed by atoms with van der Waals surface area (Å²) in [5.41, 5.74) is 2.34. The summed E-state index contributed by atoms with van der Waals surface area (Å²) in [6.45, 7) is 1.94. The second kappa shape index (κ2) is 2.08. The van der Waals surface area contributed by atoms with Crippen molar-refractivity contribution in [2.45, 2.75) is 6.92 Å². The fourth-order valence-electron chi connectivity index (χ4n) is 1.00. The van der Waals surface area contributed by atoms with E-state index >= 15 is 0 Å². The van der Waals surface area contributed by atoms with Crippen LogP contribution in [0.2, 0.25) is 0 Å². The Labute approximate surface area is 65.5 Å². The van der Waals surface area contributed by atoms with E-state index in [1.807, 2.05) is 13.0 Å². The smallest absolute Gasteiger partial charge is 0.153 e. The highest BCUT2D eigenvalue weighted by Gasteiger charge is 1.97. The third-order valence-corrected chi connectivity index (χ3v) is 1.55. The first-order chi connectivity index (χ1) is 5.27. The van der Waals surface area contributed by atoms with Crippen molar-refractivity contribution in [1.29, 1.82) is 0 Å². The molecule has 2 rings (SSSR count).